The van der Waals surface area contributed by atoms with E-state index in [4.69, 9.17) is 11.6 Å². The molecular formula is C15H22ClNO. The Bertz CT molecular complexity index is 405. The second kappa shape index (κ2) is 5.94. The number of rotatable bonds is 2. The molecule has 1 N–H and O–H groups in total. The SMILES string of the molecule is CC(O)c1ccc(N2CCCCCC2C)cc1Cl. The van der Waals surface area contributed by atoms with Gasteiger partial charge in [-0.25, -0.2) is 0 Å². The summed E-state index contributed by atoms with van der Waals surface area (Å²) in [5.74, 6) is 0. The third kappa shape index (κ3) is 2.99. The van der Waals surface area contributed by atoms with Crippen LogP contribution in [0.25, 0.3) is 0 Å². The van der Waals surface area contributed by atoms with Gasteiger partial charge in [0.1, 0.15) is 0 Å². The molecule has 0 saturated carbocycles. The molecule has 0 bridgehead atoms. The lowest BCUT2D eigenvalue weighted by Crippen LogP contribution is -2.32. The maximum absolute atomic E-state index is 9.60. The van der Waals surface area contributed by atoms with Crippen molar-refractivity contribution in [2.45, 2.75) is 51.7 Å². The van der Waals surface area contributed by atoms with E-state index in [1.165, 1.54) is 31.4 Å². The highest BCUT2D eigenvalue weighted by Gasteiger charge is 2.18. The molecule has 1 saturated heterocycles. The van der Waals surface area contributed by atoms with Crippen molar-refractivity contribution in [3.05, 3.63) is 28.8 Å². The maximum atomic E-state index is 9.60. The van der Waals surface area contributed by atoms with Crippen LogP contribution in [0.3, 0.4) is 0 Å². The molecule has 1 aliphatic rings. The number of aliphatic hydroxyl groups excluding tert-OH is 1. The number of hydrogen-bond acceptors (Lipinski definition) is 2. The first-order chi connectivity index (χ1) is 8.59. The minimum Gasteiger partial charge on any atom is -0.389 e. The van der Waals surface area contributed by atoms with Crippen molar-refractivity contribution in [2.24, 2.45) is 0 Å². The second-order valence-corrected chi connectivity index (χ2v) is 5.68. The van der Waals surface area contributed by atoms with Crippen LogP contribution in [0.1, 0.15) is 51.2 Å². The first kappa shape index (κ1) is 13.7. The van der Waals surface area contributed by atoms with Crippen LogP contribution in [0.15, 0.2) is 18.2 Å². The van der Waals surface area contributed by atoms with Crippen LogP contribution in [0.2, 0.25) is 5.02 Å². The zero-order valence-electron chi connectivity index (χ0n) is 11.2. The molecule has 3 heteroatoms. The van der Waals surface area contributed by atoms with E-state index in [9.17, 15) is 5.11 Å². The Morgan fingerprint density at radius 3 is 2.78 bits per heavy atom. The Labute approximate surface area is 115 Å². The lowest BCUT2D eigenvalue weighted by molar-refractivity contribution is 0.199. The highest BCUT2D eigenvalue weighted by Crippen LogP contribution is 2.30. The van der Waals surface area contributed by atoms with Crippen molar-refractivity contribution in [1.82, 2.24) is 0 Å². The van der Waals surface area contributed by atoms with Crippen molar-refractivity contribution < 1.29 is 5.11 Å². The molecule has 0 amide bonds. The summed E-state index contributed by atoms with van der Waals surface area (Å²) in [6, 6.07) is 6.59. The van der Waals surface area contributed by atoms with Gasteiger partial charge < -0.3 is 10.0 Å². The van der Waals surface area contributed by atoms with E-state index in [-0.39, 0.29) is 0 Å². The lowest BCUT2D eigenvalue weighted by atomic mass is 10.1. The first-order valence-corrected chi connectivity index (χ1v) is 7.21. The molecule has 1 heterocycles. The molecule has 0 spiro atoms. The quantitative estimate of drug-likeness (QED) is 0.870. The van der Waals surface area contributed by atoms with Gasteiger partial charge in [0.2, 0.25) is 0 Å². The van der Waals surface area contributed by atoms with E-state index in [0.29, 0.717) is 11.1 Å². The van der Waals surface area contributed by atoms with Crippen molar-refractivity contribution in [2.75, 3.05) is 11.4 Å². The zero-order chi connectivity index (χ0) is 13.1. The number of nitrogens with zero attached hydrogens (tertiary/aromatic N) is 1. The van der Waals surface area contributed by atoms with Gasteiger partial charge in [-0.3, -0.25) is 0 Å². The minimum atomic E-state index is -0.506. The number of halogens is 1. The van der Waals surface area contributed by atoms with Crippen molar-refractivity contribution in [1.29, 1.82) is 0 Å². The fraction of sp³-hybridized carbons (Fsp3) is 0.600. The van der Waals surface area contributed by atoms with Crippen LogP contribution < -0.4 is 4.90 Å². The van der Waals surface area contributed by atoms with E-state index in [1.807, 2.05) is 12.1 Å². The monoisotopic (exact) mass is 267 g/mol. The molecule has 1 aromatic carbocycles. The van der Waals surface area contributed by atoms with E-state index in [2.05, 4.69) is 17.9 Å². The molecule has 18 heavy (non-hydrogen) atoms. The largest absolute Gasteiger partial charge is 0.389 e. The molecule has 2 rings (SSSR count). The summed E-state index contributed by atoms with van der Waals surface area (Å²) in [6.07, 6.45) is 4.63. The van der Waals surface area contributed by atoms with Gasteiger partial charge in [0.25, 0.3) is 0 Å². The molecule has 1 aromatic rings. The van der Waals surface area contributed by atoms with Gasteiger partial charge in [0, 0.05) is 23.3 Å². The van der Waals surface area contributed by atoms with Gasteiger partial charge in [-0.2, -0.15) is 0 Å². The fourth-order valence-electron chi connectivity index (χ4n) is 2.69. The van der Waals surface area contributed by atoms with E-state index < -0.39 is 6.10 Å². The molecule has 2 nitrogen and oxygen atoms in total. The van der Waals surface area contributed by atoms with E-state index in [1.54, 1.807) is 6.92 Å². The van der Waals surface area contributed by atoms with Gasteiger partial charge in [0.05, 0.1) is 6.10 Å². The van der Waals surface area contributed by atoms with Crippen LogP contribution in [0.5, 0.6) is 0 Å². The molecule has 0 radical (unpaired) electrons. The van der Waals surface area contributed by atoms with Gasteiger partial charge in [-0.05, 0) is 44.4 Å². The third-order valence-corrected chi connectivity index (χ3v) is 4.15. The molecule has 1 fully saturated rings. The Kier molecular flexibility index (Phi) is 4.52. The molecule has 100 valence electrons. The van der Waals surface area contributed by atoms with Crippen LogP contribution in [-0.2, 0) is 0 Å². The topological polar surface area (TPSA) is 23.5 Å². The molecular weight excluding hydrogens is 246 g/mol. The normalized spacial score (nSPS) is 22.7. The number of aliphatic hydroxyl groups is 1. The highest BCUT2D eigenvalue weighted by atomic mass is 35.5. The fourth-order valence-corrected chi connectivity index (χ4v) is 3.02. The Morgan fingerprint density at radius 1 is 1.33 bits per heavy atom. The van der Waals surface area contributed by atoms with Crippen LogP contribution in [0, 0.1) is 0 Å². The third-order valence-electron chi connectivity index (χ3n) is 3.82. The predicted molar refractivity (Wildman–Crippen MR) is 77.4 cm³/mol. The van der Waals surface area contributed by atoms with Crippen molar-refractivity contribution in [3.63, 3.8) is 0 Å². The summed E-state index contributed by atoms with van der Waals surface area (Å²) in [6.45, 7) is 5.13. The average molecular weight is 268 g/mol. The summed E-state index contributed by atoms with van der Waals surface area (Å²) >= 11 is 6.25. The lowest BCUT2D eigenvalue weighted by Gasteiger charge is -2.30. The van der Waals surface area contributed by atoms with Crippen molar-refractivity contribution >= 4 is 17.3 Å². The molecule has 0 aromatic heterocycles. The van der Waals surface area contributed by atoms with Gasteiger partial charge in [-0.1, -0.05) is 30.5 Å². The van der Waals surface area contributed by atoms with Crippen LogP contribution >= 0.6 is 11.6 Å². The van der Waals surface area contributed by atoms with E-state index in [0.717, 1.165) is 12.1 Å². The van der Waals surface area contributed by atoms with Gasteiger partial charge in [0.15, 0.2) is 0 Å². The van der Waals surface area contributed by atoms with Crippen LogP contribution in [-0.4, -0.2) is 17.7 Å². The number of hydrogen-bond donors (Lipinski definition) is 1. The first-order valence-electron chi connectivity index (χ1n) is 6.83. The molecule has 1 aliphatic heterocycles. The molecule has 0 aliphatic carbocycles. The summed E-state index contributed by atoms with van der Waals surface area (Å²) in [4.78, 5) is 2.44. The predicted octanol–water partition coefficient (Wildman–Crippen LogP) is 4.16. The smallest absolute Gasteiger partial charge is 0.0776 e. The average Bonchev–Trinajstić information content (AvgIpc) is 2.53. The zero-order valence-corrected chi connectivity index (χ0v) is 12.0. The number of anilines is 1. The summed E-state index contributed by atoms with van der Waals surface area (Å²) < 4.78 is 0. The molecule has 2 atom stereocenters. The highest BCUT2D eigenvalue weighted by molar-refractivity contribution is 6.31. The standard InChI is InChI=1S/C15H22ClNO/c1-11-6-4-3-5-9-17(11)13-7-8-14(12(2)18)15(16)10-13/h7-8,10-12,18H,3-6,9H2,1-2H3. The maximum Gasteiger partial charge on any atom is 0.0776 e. The van der Waals surface area contributed by atoms with Gasteiger partial charge in [-0.15, -0.1) is 0 Å². The Hall–Kier alpha value is -0.730. The molecule has 2 unspecified atom stereocenters. The van der Waals surface area contributed by atoms with Crippen LogP contribution in [0.4, 0.5) is 5.69 Å². The van der Waals surface area contributed by atoms with E-state index >= 15 is 0 Å². The Morgan fingerprint density at radius 2 is 2.11 bits per heavy atom. The minimum absolute atomic E-state index is 0.506. The summed E-state index contributed by atoms with van der Waals surface area (Å²) in [5, 5.41) is 10.3. The second-order valence-electron chi connectivity index (χ2n) is 5.27. The van der Waals surface area contributed by atoms with Gasteiger partial charge >= 0.3 is 0 Å². The summed E-state index contributed by atoms with van der Waals surface area (Å²) in [7, 11) is 0. The summed E-state index contributed by atoms with van der Waals surface area (Å²) in [5.41, 5.74) is 1.99. The number of benzene rings is 1. The Balaban J connectivity index is 2.24. The van der Waals surface area contributed by atoms with Crippen molar-refractivity contribution in [3.8, 4) is 0 Å².